The second-order valence-electron chi connectivity index (χ2n) is 19.5. The molecule has 280 valence electrons. The molecule has 2 aliphatic carbocycles. The van der Waals surface area contributed by atoms with Crippen molar-refractivity contribution in [3.63, 3.8) is 0 Å². The molecule has 7 aromatic rings. The topological polar surface area (TPSA) is 9.86 Å². The van der Waals surface area contributed by atoms with Crippen molar-refractivity contribution in [2.75, 3.05) is 0 Å². The summed E-state index contributed by atoms with van der Waals surface area (Å²) in [5.74, 6) is 0. The number of nitrogens with zero attached hydrogens (tertiary/aromatic N) is 2. The second-order valence-corrected chi connectivity index (χ2v) is 19.5. The van der Waals surface area contributed by atoms with Crippen molar-refractivity contribution in [1.82, 2.24) is 9.13 Å². The third kappa shape index (κ3) is 4.58. The fourth-order valence-electron chi connectivity index (χ4n) is 12.0. The first-order valence-corrected chi connectivity index (χ1v) is 21.7. The van der Waals surface area contributed by atoms with Gasteiger partial charge in [0.25, 0.3) is 0 Å². The molecule has 11 rings (SSSR count). The number of fused-ring (bicyclic) bond motifs is 10. The molecule has 0 spiro atoms. The molecule has 56 heavy (non-hydrogen) atoms. The molecule has 0 amide bonds. The smallest absolute Gasteiger partial charge is 0.242 e. The highest BCUT2D eigenvalue weighted by Crippen LogP contribution is 2.46. The maximum absolute atomic E-state index is 2.64. The molecule has 2 nitrogen and oxygen atoms in total. The van der Waals surface area contributed by atoms with Crippen LogP contribution in [0.4, 0.5) is 0 Å². The van der Waals surface area contributed by atoms with Gasteiger partial charge in [0.15, 0.2) is 0 Å². The highest BCUT2D eigenvalue weighted by molar-refractivity contribution is 6.97. The fraction of sp³-hybridized carbons (Fsp3) is 0.358. The zero-order valence-corrected chi connectivity index (χ0v) is 34.6. The van der Waals surface area contributed by atoms with Gasteiger partial charge in [0.05, 0.1) is 11.0 Å². The first-order chi connectivity index (χ1) is 27.0. The summed E-state index contributed by atoms with van der Waals surface area (Å²) < 4.78 is 5.27. The maximum Gasteiger partial charge on any atom is 0.242 e. The van der Waals surface area contributed by atoms with E-state index in [1.807, 2.05) is 0 Å². The predicted molar refractivity (Wildman–Crippen MR) is 239 cm³/mol. The van der Waals surface area contributed by atoms with Gasteiger partial charge < -0.3 is 9.13 Å². The van der Waals surface area contributed by atoms with Gasteiger partial charge in [-0.15, -0.1) is 0 Å². The molecule has 2 aromatic heterocycles. The molecule has 5 aromatic carbocycles. The third-order valence-electron chi connectivity index (χ3n) is 15.1. The van der Waals surface area contributed by atoms with E-state index < -0.39 is 0 Å². The lowest BCUT2D eigenvalue weighted by Gasteiger charge is -2.48. The van der Waals surface area contributed by atoms with Gasteiger partial charge in [0.2, 0.25) is 6.71 Å². The molecule has 0 saturated heterocycles. The van der Waals surface area contributed by atoms with Gasteiger partial charge in [0.1, 0.15) is 0 Å². The number of para-hydroxylation sites is 2. The van der Waals surface area contributed by atoms with Crippen LogP contribution in [0.1, 0.15) is 131 Å². The first-order valence-electron chi connectivity index (χ1n) is 21.7. The van der Waals surface area contributed by atoms with Crippen molar-refractivity contribution in [1.29, 1.82) is 0 Å². The maximum atomic E-state index is 2.64. The van der Waals surface area contributed by atoms with Gasteiger partial charge in [-0.1, -0.05) is 126 Å². The van der Waals surface area contributed by atoms with Crippen LogP contribution >= 0.6 is 0 Å². The van der Waals surface area contributed by atoms with Gasteiger partial charge in [-0.05, 0) is 139 Å². The first kappa shape index (κ1) is 34.5. The molecule has 2 aliphatic heterocycles. The Morgan fingerprint density at radius 1 is 0.571 bits per heavy atom. The lowest BCUT2D eigenvalue weighted by atomic mass is 9.27. The van der Waals surface area contributed by atoms with Crippen molar-refractivity contribution in [2.45, 2.75) is 122 Å². The highest BCUT2D eigenvalue weighted by Gasteiger charge is 2.50. The van der Waals surface area contributed by atoms with Crippen LogP contribution in [-0.2, 0) is 41.9 Å². The highest BCUT2D eigenvalue weighted by atomic mass is 15.0. The Kier molecular flexibility index (Phi) is 7.32. The van der Waals surface area contributed by atoms with Crippen LogP contribution in [0.15, 0.2) is 97.1 Å². The monoisotopic (exact) mass is 730 g/mol. The lowest BCUT2D eigenvalue weighted by molar-refractivity contribution is 0.538. The van der Waals surface area contributed by atoms with E-state index in [0.29, 0.717) is 0 Å². The molecular formula is C53H55BN2. The SMILES string of the molecule is CCC1(C)c2cc(-n3c4c(c5ccccc53)CCCC4)ccc2B2c3ccc(-n4c5c(c6ccccc64)CCCC5)cc3C(C)(C)c3cc(C(C)(C)C)cc1c32. The number of rotatable bonds is 3. The minimum absolute atomic E-state index is 0.0300. The molecule has 0 N–H and O–H groups in total. The zero-order valence-electron chi connectivity index (χ0n) is 34.6. The molecule has 0 bridgehead atoms. The number of hydrogen-bond donors (Lipinski definition) is 0. The van der Waals surface area contributed by atoms with Gasteiger partial charge >= 0.3 is 0 Å². The standard InChI is InChI=1S/C53H55BN2/c1-8-53(7)41-32-35(56-48-23-15-11-19-38(48)39-20-12-16-24-49(39)56)26-28-45(41)54-44-27-25-34(55-46-21-13-9-17-36(46)37-18-10-14-22-47(37)55)31-40(44)52(5,6)42-29-33(51(2,3)4)30-43(53)50(42)54/h9,11,13,15,17,19,21,23,25-32H,8,10,12,14,16,18,20,22,24H2,1-7H3. The van der Waals surface area contributed by atoms with Gasteiger partial charge in [-0.25, -0.2) is 0 Å². The summed E-state index contributed by atoms with van der Waals surface area (Å²) in [5, 5.41) is 2.88. The van der Waals surface area contributed by atoms with Crippen LogP contribution in [0, 0.1) is 0 Å². The molecule has 4 heterocycles. The van der Waals surface area contributed by atoms with Crippen LogP contribution in [0.5, 0.6) is 0 Å². The molecule has 1 unspecified atom stereocenters. The average molecular weight is 731 g/mol. The Morgan fingerprint density at radius 2 is 1.07 bits per heavy atom. The van der Waals surface area contributed by atoms with Crippen LogP contribution in [0.2, 0.25) is 0 Å². The minimum Gasteiger partial charge on any atom is -0.313 e. The average Bonchev–Trinajstić information content (AvgIpc) is 3.73. The molecule has 0 saturated carbocycles. The summed E-state index contributed by atoms with van der Waals surface area (Å²) in [6, 6.07) is 38.8. The fourth-order valence-corrected chi connectivity index (χ4v) is 12.0. The van der Waals surface area contributed by atoms with E-state index >= 15 is 0 Å². The van der Waals surface area contributed by atoms with Gasteiger partial charge in [0, 0.05) is 44.4 Å². The van der Waals surface area contributed by atoms with Crippen molar-refractivity contribution >= 4 is 44.9 Å². The Morgan fingerprint density at radius 3 is 1.62 bits per heavy atom. The van der Waals surface area contributed by atoms with E-state index in [1.165, 1.54) is 116 Å². The van der Waals surface area contributed by atoms with Crippen molar-refractivity contribution in [2.24, 2.45) is 0 Å². The van der Waals surface area contributed by atoms with Crippen LogP contribution in [-0.4, -0.2) is 15.8 Å². The number of aromatic nitrogens is 2. The van der Waals surface area contributed by atoms with E-state index in [9.17, 15) is 0 Å². The number of aryl methyl sites for hydroxylation is 2. The minimum atomic E-state index is -0.161. The largest absolute Gasteiger partial charge is 0.313 e. The second kappa shape index (κ2) is 11.9. The number of benzene rings is 5. The zero-order chi connectivity index (χ0) is 38.3. The molecule has 4 aliphatic rings. The van der Waals surface area contributed by atoms with Gasteiger partial charge in [-0.2, -0.15) is 0 Å². The Labute approximate surface area is 334 Å². The van der Waals surface area contributed by atoms with Crippen LogP contribution in [0.25, 0.3) is 33.2 Å². The Bertz CT molecular complexity index is 2780. The van der Waals surface area contributed by atoms with E-state index in [2.05, 4.69) is 155 Å². The van der Waals surface area contributed by atoms with Crippen molar-refractivity contribution in [3.8, 4) is 11.4 Å². The lowest BCUT2D eigenvalue weighted by Crippen LogP contribution is -2.67. The summed E-state index contributed by atoms with van der Waals surface area (Å²) >= 11 is 0. The molecule has 0 fully saturated rings. The molecular weight excluding hydrogens is 675 g/mol. The van der Waals surface area contributed by atoms with Crippen molar-refractivity contribution in [3.05, 3.63) is 147 Å². The Hall–Kier alpha value is -4.76. The number of hydrogen-bond acceptors (Lipinski definition) is 0. The summed E-state index contributed by atoms with van der Waals surface area (Å²) in [4.78, 5) is 0. The van der Waals surface area contributed by atoms with E-state index in [4.69, 9.17) is 0 Å². The molecule has 0 radical (unpaired) electrons. The summed E-state index contributed by atoms with van der Waals surface area (Å²) in [5.41, 5.74) is 23.4. The van der Waals surface area contributed by atoms with E-state index in [-0.39, 0.29) is 23.0 Å². The summed E-state index contributed by atoms with van der Waals surface area (Å²) in [6.45, 7) is 17.4. The van der Waals surface area contributed by atoms with Gasteiger partial charge in [-0.3, -0.25) is 0 Å². The third-order valence-corrected chi connectivity index (χ3v) is 15.1. The Balaban J connectivity index is 1.18. The molecule has 1 atom stereocenters. The normalized spacial score (nSPS) is 19.4. The van der Waals surface area contributed by atoms with Crippen LogP contribution < -0.4 is 16.4 Å². The molecule has 3 heteroatoms. The van der Waals surface area contributed by atoms with Crippen molar-refractivity contribution < 1.29 is 0 Å². The quantitative estimate of drug-likeness (QED) is 0.160. The summed E-state index contributed by atoms with van der Waals surface area (Å²) in [7, 11) is 0. The van der Waals surface area contributed by atoms with Crippen LogP contribution in [0.3, 0.4) is 0 Å². The summed E-state index contributed by atoms with van der Waals surface area (Å²) in [6.07, 6.45) is 10.8. The van der Waals surface area contributed by atoms with E-state index in [0.717, 1.165) is 19.3 Å². The predicted octanol–water partition coefficient (Wildman–Crippen LogP) is 10.8. The van der Waals surface area contributed by atoms with E-state index in [1.54, 1.807) is 22.2 Å².